The van der Waals surface area contributed by atoms with Crippen LogP contribution in [0.15, 0.2) is 12.3 Å². The van der Waals surface area contributed by atoms with Gasteiger partial charge in [0.1, 0.15) is 5.15 Å². The number of halogens is 2. The predicted molar refractivity (Wildman–Crippen MR) is 73.3 cm³/mol. The van der Waals surface area contributed by atoms with Crippen molar-refractivity contribution in [1.29, 1.82) is 0 Å². The molecule has 2 atom stereocenters. The van der Waals surface area contributed by atoms with Gasteiger partial charge in [0.2, 0.25) is 0 Å². The fraction of sp³-hybridized carbons (Fsp3) is 0.583. The van der Waals surface area contributed by atoms with Crippen molar-refractivity contribution in [2.24, 2.45) is 5.92 Å². The van der Waals surface area contributed by atoms with Crippen molar-refractivity contribution in [3.05, 3.63) is 23.0 Å². The van der Waals surface area contributed by atoms with Gasteiger partial charge in [-0.2, -0.15) is 0 Å². The lowest BCUT2D eigenvalue weighted by Gasteiger charge is -2.19. The Labute approximate surface area is 113 Å². The summed E-state index contributed by atoms with van der Waals surface area (Å²) in [6.07, 6.45) is 3.19. The molecule has 1 aromatic rings. The third kappa shape index (κ3) is 2.37. The molecule has 0 spiro atoms. The van der Waals surface area contributed by atoms with Crippen LogP contribution in [0.25, 0.3) is 0 Å². The Morgan fingerprint density at radius 1 is 1.47 bits per heavy atom. The van der Waals surface area contributed by atoms with Crippen molar-refractivity contribution in [3.8, 4) is 0 Å². The quantitative estimate of drug-likeness (QED) is 0.796. The standard InChI is InChI=1S/C12H16ClN3.ClH/c1-8-4-10(5-15-12(8)13)16-6-9-2-3-14-11(9)7-16;/h4-5,9,11,14H,2-3,6-7H2,1H3;1H/t9-,11+;/m1./s1. The van der Waals surface area contributed by atoms with Crippen molar-refractivity contribution < 1.29 is 0 Å². The first-order chi connectivity index (χ1) is 7.74. The van der Waals surface area contributed by atoms with Crippen LogP contribution in [0.2, 0.25) is 5.15 Å². The van der Waals surface area contributed by atoms with Crippen molar-refractivity contribution in [2.45, 2.75) is 19.4 Å². The van der Waals surface area contributed by atoms with Gasteiger partial charge in [-0.1, -0.05) is 11.6 Å². The van der Waals surface area contributed by atoms with Gasteiger partial charge in [0, 0.05) is 19.1 Å². The van der Waals surface area contributed by atoms with Gasteiger partial charge < -0.3 is 10.2 Å². The molecule has 17 heavy (non-hydrogen) atoms. The summed E-state index contributed by atoms with van der Waals surface area (Å²) >= 11 is 5.94. The topological polar surface area (TPSA) is 28.2 Å². The summed E-state index contributed by atoms with van der Waals surface area (Å²) in [5.74, 6) is 0.816. The molecule has 0 radical (unpaired) electrons. The third-order valence-corrected chi connectivity index (χ3v) is 4.12. The fourth-order valence-electron chi connectivity index (χ4n) is 2.78. The SMILES string of the molecule is Cc1cc(N2C[C@H]3CCN[C@H]3C2)cnc1Cl.Cl. The van der Waals surface area contributed by atoms with E-state index in [9.17, 15) is 0 Å². The molecule has 2 aliphatic rings. The number of pyridine rings is 1. The molecular formula is C12H17Cl2N3. The van der Waals surface area contributed by atoms with E-state index in [1.54, 1.807) is 0 Å². The average Bonchev–Trinajstić information content (AvgIpc) is 2.81. The molecule has 0 unspecified atom stereocenters. The van der Waals surface area contributed by atoms with Crippen LogP contribution in [0, 0.1) is 12.8 Å². The second kappa shape index (κ2) is 5.01. The first-order valence-electron chi connectivity index (χ1n) is 5.84. The monoisotopic (exact) mass is 273 g/mol. The lowest BCUT2D eigenvalue weighted by Crippen LogP contribution is -2.30. The van der Waals surface area contributed by atoms with Gasteiger partial charge in [0.25, 0.3) is 0 Å². The zero-order chi connectivity index (χ0) is 11.1. The van der Waals surface area contributed by atoms with Crippen LogP contribution in [0.3, 0.4) is 0 Å². The van der Waals surface area contributed by atoms with Crippen molar-refractivity contribution in [3.63, 3.8) is 0 Å². The van der Waals surface area contributed by atoms with Gasteiger partial charge in [0.15, 0.2) is 0 Å². The molecule has 94 valence electrons. The van der Waals surface area contributed by atoms with Crippen LogP contribution in [0.1, 0.15) is 12.0 Å². The van der Waals surface area contributed by atoms with E-state index in [1.807, 2.05) is 13.1 Å². The normalized spacial score (nSPS) is 26.8. The smallest absolute Gasteiger partial charge is 0.132 e. The molecule has 5 heteroatoms. The summed E-state index contributed by atoms with van der Waals surface area (Å²) in [6, 6.07) is 2.81. The second-order valence-electron chi connectivity index (χ2n) is 4.82. The van der Waals surface area contributed by atoms with Crippen LogP contribution < -0.4 is 10.2 Å². The van der Waals surface area contributed by atoms with Crippen LogP contribution >= 0.6 is 24.0 Å². The number of nitrogens with zero attached hydrogens (tertiary/aromatic N) is 2. The highest BCUT2D eigenvalue weighted by Crippen LogP contribution is 2.29. The first-order valence-corrected chi connectivity index (χ1v) is 6.22. The highest BCUT2D eigenvalue weighted by atomic mass is 35.5. The first kappa shape index (κ1) is 12.9. The average molecular weight is 274 g/mol. The predicted octanol–water partition coefficient (Wildman–Crippen LogP) is 2.26. The van der Waals surface area contributed by atoms with Gasteiger partial charge in [-0.3, -0.25) is 0 Å². The minimum absolute atomic E-state index is 0. The summed E-state index contributed by atoms with van der Waals surface area (Å²) in [4.78, 5) is 6.64. The summed E-state index contributed by atoms with van der Waals surface area (Å²) in [5, 5.41) is 4.17. The number of rotatable bonds is 1. The summed E-state index contributed by atoms with van der Waals surface area (Å²) in [5.41, 5.74) is 2.27. The molecule has 1 N–H and O–H groups in total. The van der Waals surface area contributed by atoms with E-state index in [0.29, 0.717) is 11.2 Å². The van der Waals surface area contributed by atoms with Gasteiger partial charge in [-0.05, 0) is 37.4 Å². The third-order valence-electron chi connectivity index (χ3n) is 3.73. The number of aryl methyl sites for hydroxylation is 1. The van der Waals surface area contributed by atoms with Gasteiger partial charge in [-0.15, -0.1) is 12.4 Å². The highest BCUT2D eigenvalue weighted by Gasteiger charge is 2.35. The minimum atomic E-state index is 0. The van der Waals surface area contributed by atoms with E-state index < -0.39 is 0 Å². The molecule has 0 aliphatic carbocycles. The number of nitrogens with one attached hydrogen (secondary N) is 1. The van der Waals surface area contributed by atoms with Crippen LogP contribution in [0.5, 0.6) is 0 Å². The molecule has 0 amide bonds. The maximum atomic E-state index is 5.94. The molecule has 2 saturated heterocycles. The molecule has 2 fully saturated rings. The Balaban J connectivity index is 0.00000108. The van der Waals surface area contributed by atoms with E-state index in [-0.39, 0.29) is 12.4 Å². The Hall–Kier alpha value is -0.510. The van der Waals surface area contributed by atoms with Gasteiger partial charge in [0.05, 0.1) is 11.9 Å². The molecule has 0 aromatic carbocycles. The lowest BCUT2D eigenvalue weighted by atomic mass is 10.1. The highest BCUT2D eigenvalue weighted by molar-refractivity contribution is 6.30. The molecule has 0 saturated carbocycles. The lowest BCUT2D eigenvalue weighted by molar-refractivity contribution is 0.556. The summed E-state index contributed by atoms with van der Waals surface area (Å²) in [7, 11) is 0. The fourth-order valence-corrected chi connectivity index (χ4v) is 2.88. The zero-order valence-electron chi connectivity index (χ0n) is 9.82. The van der Waals surface area contributed by atoms with E-state index >= 15 is 0 Å². The molecule has 0 bridgehead atoms. The number of aromatic nitrogens is 1. The Bertz CT molecular complexity index is 399. The maximum Gasteiger partial charge on any atom is 0.132 e. The summed E-state index contributed by atoms with van der Waals surface area (Å²) < 4.78 is 0. The van der Waals surface area contributed by atoms with E-state index in [4.69, 9.17) is 11.6 Å². The number of hydrogen-bond donors (Lipinski definition) is 1. The maximum absolute atomic E-state index is 5.94. The van der Waals surface area contributed by atoms with Crippen LogP contribution in [-0.4, -0.2) is 30.7 Å². The van der Waals surface area contributed by atoms with Gasteiger partial charge in [-0.25, -0.2) is 4.98 Å². The summed E-state index contributed by atoms with van der Waals surface area (Å²) in [6.45, 7) is 5.45. The number of anilines is 1. The van der Waals surface area contributed by atoms with Crippen LogP contribution in [0.4, 0.5) is 5.69 Å². The zero-order valence-corrected chi connectivity index (χ0v) is 11.4. The van der Waals surface area contributed by atoms with Crippen molar-refractivity contribution in [1.82, 2.24) is 10.3 Å². The van der Waals surface area contributed by atoms with Gasteiger partial charge >= 0.3 is 0 Å². The van der Waals surface area contributed by atoms with Crippen molar-refractivity contribution >= 4 is 29.7 Å². The molecular weight excluding hydrogens is 257 g/mol. The van der Waals surface area contributed by atoms with E-state index in [0.717, 1.165) is 24.6 Å². The Morgan fingerprint density at radius 3 is 3.00 bits per heavy atom. The molecule has 1 aromatic heterocycles. The molecule has 2 aliphatic heterocycles. The number of fused-ring (bicyclic) bond motifs is 1. The largest absolute Gasteiger partial charge is 0.368 e. The van der Waals surface area contributed by atoms with E-state index in [2.05, 4.69) is 21.3 Å². The van der Waals surface area contributed by atoms with Crippen molar-refractivity contribution in [2.75, 3.05) is 24.5 Å². The molecule has 3 heterocycles. The minimum Gasteiger partial charge on any atom is -0.368 e. The second-order valence-corrected chi connectivity index (χ2v) is 5.17. The molecule has 3 nitrogen and oxygen atoms in total. The van der Waals surface area contributed by atoms with Crippen LogP contribution in [-0.2, 0) is 0 Å². The Morgan fingerprint density at radius 2 is 2.29 bits per heavy atom. The number of hydrogen-bond acceptors (Lipinski definition) is 3. The Kier molecular flexibility index (Phi) is 3.81. The molecule has 3 rings (SSSR count). The van der Waals surface area contributed by atoms with E-state index in [1.165, 1.54) is 18.7 Å².